The Bertz CT molecular complexity index is 1630. The molecule has 10 heteroatoms. The van der Waals surface area contributed by atoms with Gasteiger partial charge in [-0.05, 0) is 35.9 Å². The van der Waals surface area contributed by atoms with Crippen LogP contribution in [0.2, 0.25) is 0 Å². The van der Waals surface area contributed by atoms with Crippen molar-refractivity contribution in [2.75, 3.05) is 10.2 Å². The van der Waals surface area contributed by atoms with Crippen molar-refractivity contribution < 1.29 is 22.4 Å². The van der Waals surface area contributed by atoms with E-state index in [9.17, 15) is 22.8 Å². The summed E-state index contributed by atoms with van der Waals surface area (Å²) in [6, 6.07) is 19.4. The molecular formula is C24H17N3O6S. The number of hydrogen-bond donors (Lipinski definition) is 2. The molecule has 2 amide bonds. The van der Waals surface area contributed by atoms with Crippen molar-refractivity contribution in [3.8, 4) is 0 Å². The maximum atomic E-state index is 13.8. The molecule has 0 bridgehead atoms. The Labute approximate surface area is 193 Å². The third-order valence-corrected chi connectivity index (χ3v) is 6.44. The number of anilines is 2. The SMILES string of the molecule is NS(=O)(=O)c1ccc2c(c1)NC(=O)C(c1ccccc1)N2C(=O)c1cc2ccccc2oc1=O. The number of nitrogens with one attached hydrogen (secondary N) is 1. The average Bonchev–Trinajstić information content (AvgIpc) is 2.82. The zero-order valence-electron chi connectivity index (χ0n) is 17.5. The number of fused-ring (bicyclic) bond motifs is 2. The van der Waals surface area contributed by atoms with E-state index in [1.165, 1.54) is 24.3 Å². The Morgan fingerprint density at radius 3 is 2.38 bits per heavy atom. The van der Waals surface area contributed by atoms with Crippen molar-refractivity contribution in [2.45, 2.75) is 10.9 Å². The van der Waals surface area contributed by atoms with E-state index in [2.05, 4.69) is 5.32 Å². The van der Waals surface area contributed by atoms with Gasteiger partial charge >= 0.3 is 5.63 Å². The fourth-order valence-corrected chi connectivity index (χ4v) is 4.50. The van der Waals surface area contributed by atoms with E-state index in [1.807, 2.05) is 0 Å². The summed E-state index contributed by atoms with van der Waals surface area (Å²) < 4.78 is 29.0. The molecule has 3 N–H and O–H groups in total. The van der Waals surface area contributed by atoms with Crippen molar-refractivity contribution in [1.29, 1.82) is 0 Å². The van der Waals surface area contributed by atoms with E-state index < -0.39 is 33.5 Å². The summed E-state index contributed by atoms with van der Waals surface area (Å²) in [5.41, 5.74) is -0.0291. The molecule has 3 aromatic carbocycles. The van der Waals surface area contributed by atoms with Gasteiger partial charge in [-0.25, -0.2) is 18.4 Å². The Balaban J connectivity index is 1.73. The summed E-state index contributed by atoms with van der Waals surface area (Å²) in [6.07, 6.45) is 0. The van der Waals surface area contributed by atoms with Crippen molar-refractivity contribution in [1.82, 2.24) is 0 Å². The van der Waals surface area contributed by atoms with Gasteiger partial charge in [-0.3, -0.25) is 14.5 Å². The molecule has 170 valence electrons. The van der Waals surface area contributed by atoms with Crippen LogP contribution in [0.4, 0.5) is 11.4 Å². The van der Waals surface area contributed by atoms with Gasteiger partial charge in [-0.15, -0.1) is 0 Å². The lowest BCUT2D eigenvalue weighted by Gasteiger charge is -2.36. The highest BCUT2D eigenvalue weighted by atomic mass is 32.2. The molecule has 1 aliphatic rings. The summed E-state index contributed by atoms with van der Waals surface area (Å²) in [5.74, 6) is -1.35. The lowest BCUT2D eigenvalue weighted by Crippen LogP contribution is -2.46. The molecule has 1 aliphatic heterocycles. The summed E-state index contributed by atoms with van der Waals surface area (Å²) in [4.78, 5) is 40.6. The summed E-state index contributed by atoms with van der Waals surface area (Å²) in [6.45, 7) is 0. The molecule has 0 radical (unpaired) electrons. The molecule has 9 nitrogen and oxygen atoms in total. The number of rotatable bonds is 3. The van der Waals surface area contributed by atoms with Crippen LogP contribution in [-0.4, -0.2) is 20.2 Å². The maximum absolute atomic E-state index is 13.8. The van der Waals surface area contributed by atoms with Crippen molar-refractivity contribution in [3.05, 3.63) is 100 Å². The van der Waals surface area contributed by atoms with Gasteiger partial charge < -0.3 is 9.73 Å². The normalized spacial score (nSPS) is 15.6. The number of amides is 2. The van der Waals surface area contributed by atoms with Crippen LogP contribution >= 0.6 is 0 Å². The first-order valence-corrected chi connectivity index (χ1v) is 11.7. The number of benzene rings is 3. The van der Waals surface area contributed by atoms with Crippen LogP contribution in [0.15, 0.2) is 93.0 Å². The van der Waals surface area contributed by atoms with Gasteiger partial charge in [0, 0.05) is 5.39 Å². The summed E-state index contributed by atoms with van der Waals surface area (Å²) >= 11 is 0. The molecule has 0 saturated carbocycles. The standard InChI is InChI=1S/C24H17N3O6S/c25-34(31,32)16-10-11-19-18(13-16)26-22(28)21(14-6-2-1-3-7-14)27(19)23(29)17-12-15-8-4-5-9-20(15)33-24(17)30/h1-13,21H,(H,26,28)(H2,25,31,32). The Morgan fingerprint density at radius 2 is 1.65 bits per heavy atom. The van der Waals surface area contributed by atoms with Crippen molar-refractivity contribution >= 4 is 44.2 Å². The monoisotopic (exact) mass is 475 g/mol. The zero-order valence-corrected chi connectivity index (χ0v) is 18.3. The number of carbonyl (C=O) groups is 2. The molecule has 0 aliphatic carbocycles. The number of nitrogens with zero attached hydrogens (tertiary/aromatic N) is 1. The minimum atomic E-state index is -4.06. The van der Waals surface area contributed by atoms with Gasteiger partial charge in [0.15, 0.2) is 0 Å². The predicted molar refractivity (Wildman–Crippen MR) is 125 cm³/mol. The highest BCUT2D eigenvalue weighted by molar-refractivity contribution is 7.89. The smallest absolute Gasteiger partial charge is 0.349 e. The van der Waals surface area contributed by atoms with Crippen molar-refractivity contribution in [2.24, 2.45) is 5.14 Å². The lowest BCUT2D eigenvalue weighted by atomic mass is 9.99. The first-order valence-electron chi connectivity index (χ1n) is 10.1. The Morgan fingerprint density at radius 1 is 0.941 bits per heavy atom. The van der Waals surface area contributed by atoms with E-state index in [4.69, 9.17) is 9.56 Å². The topological polar surface area (TPSA) is 140 Å². The number of hydrogen-bond acceptors (Lipinski definition) is 6. The van der Waals surface area contributed by atoms with Crippen LogP contribution in [0.5, 0.6) is 0 Å². The van der Waals surface area contributed by atoms with Crippen LogP contribution < -0.4 is 21.0 Å². The molecule has 5 rings (SSSR count). The first-order chi connectivity index (χ1) is 16.2. The van der Waals surface area contributed by atoms with Gasteiger partial charge in [-0.1, -0.05) is 48.5 Å². The highest BCUT2D eigenvalue weighted by Crippen LogP contribution is 2.40. The Hall–Kier alpha value is -4.28. The first kappa shape index (κ1) is 21.6. The van der Waals surface area contributed by atoms with Crippen LogP contribution in [0.3, 0.4) is 0 Å². The Kier molecular flexibility index (Phi) is 5.03. The molecule has 1 unspecified atom stereocenters. The third-order valence-electron chi connectivity index (χ3n) is 5.53. The fraction of sp³-hybridized carbons (Fsp3) is 0.0417. The quantitative estimate of drug-likeness (QED) is 0.437. The summed E-state index contributed by atoms with van der Waals surface area (Å²) in [7, 11) is -4.06. The van der Waals surface area contributed by atoms with Crippen LogP contribution in [0, 0.1) is 0 Å². The molecule has 1 atom stereocenters. The lowest BCUT2D eigenvalue weighted by molar-refractivity contribution is -0.117. The molecule has 0 spiro atoms. The van der Waals surface area contributed by atoms with E-state index in [0.29, 0.717) is 16.5 Å². The minimum absolute atomic E-state index is 0.0715. The van der Waals surface area contributed by atoms with E-state index in [1.54, 1.807) is 54.6 Å². The van der Waals surface area contributed by atoms with Gasteiger partial charge in [0.05, 0.1) is 16.3 Å². The van der Waals surface area contributed by atoms with Crippen molar-refractivity contribution in [3.63, 3.8) is 0 Å². The second kappa shape index (κ2) is 7.94. The predicted octanol–water partition coefficient (Wildman–Crippen LogP) is 2.78. The van der Waals surface area contributed by atoms with E-state index >= 15 is 0 Å². The summed E-state index contributed by atoms with van der Waals surface area (Å²) in [5, 5.41) is 8.41. The van der Waals surface area contributed by atoms with Gasteiger partial charge in [0.25, 0.3) is 11.8 Å². The molecule has 0 saturated heterocycles. The van der Waals surface area contributed by atoms with Gasteiger partial charge in [-0.2, -0.15) is 0 Å². The van der Waals surface area contributed by atoms with Crippen LogP contribution in [0.25, 0.3) is 11.0 Å². The van der Waals surface area contributed by atoms with Gasteiger partial charge in [0.2, 0.25) is 10.0 Å². The molecule has 4 aromatic rings. The molecule has 2 heterocycles. The zero-order chi connectivity index (χ0) is 24.0. The average molecular weight is 475 g/mol. The number of para-hydroxylation sites is 1. The molecule has 0 fully saturated rings. The number of nitrogens with two attached hydrogens (primary N) is 1. The van der Waals surface area contributed by atoms with Crippen LogP contribution in [-0.2, 0) is 14.8 Å². The molecule has 34 heavy (non-hydrogen) atoms. The third kappa shape index (κ3) is 3.64. The molecular weight excluding hydrogens is 458 g/mol. The second-order valence-corrected chi connectivity index (χ2v) is 9.25. The number of sulfonamides is 1. The highest BCUT2D eigenvalue weighted by Gasteiger charge is 2.39. The molecule has 1 aromatic heterocycles. The van der Waals surface area contributed by atoms with Gasteiger partial charge in [0.1, 0.15) is 17.2 Å². The number of primary sulfonamides is 1. The van der Waals surface area contributed by atoms with E-state index in [-0.39, 0.29) is 21.8 Å². The largest absolute Gasteiger partial charge is 0.422 e. The van der Waals surface area contributed by atoms with E-state index in [0.717, 1.165) is 4.90 Å². The number of carbonyl (C=O) groups excluding carboxylic acids is 2. The van der Waals surface area contributed by atoms with Crippen LogP contribution in [0.1, 0.15) is 22.0 Å². The second-order valence-electron chi connectivity index (χ2n) is 7.69. The minimum Gasteiger partial charge on any atom is -0.422 e. The fourth-order valence-electron chi connectivity index (χ4n) is 3.96. The maximum Gasteiger partial charge on any atom is 0.349 e.